The molecule has 0 heterocycles. The standard InChI is InChI=1S/C25H16Cl2N2O3/c26-18-10-13-22(23(27)14-18)24(30)29-28-15-16-8-11-19(12-9-16)32-25(31)21-7-3-5-17-4-1-2-6-20(17)21/h1-15H,(H,29,30)/b28-15-. The minimum Gasteiger partial charge on any atom is -0.423 e. The number of hydrazone groups is 1. The van der Waals surface area contributed by atoms with Crippen molar-refractivity contribution in [2.45, 2.75) is 0 Å². The van der Waals surface area contributed by atoms with Gasteiger partial charge in [-0.1, -0.05) is 59.6 Å². The van der Waals surface area contributed by atoms with Crippen LogP contribution in [0.15, 0.2) is 90.0 Å². The molecule has 0 radical (unpaired) electrons. The fraction of sp³-hybridized carbons (Fsp3) is 0. The Morgan fingerprint density at radius 2 is 1.59 bits per heavy atom. The molecule has 0 unspecified atom stereocenters. The van der Waals surface area contributed by atoms with Crippen molar-refractivity contribution >= 4 is 52.1 Å². The minimum atomic E-state index is -0.455. The molecule has 7 heteroatoms. The molecule has 5 nitrogen and oxygen atoms in total. The Labute approximate surface area is 194 Å². The van der Waals surface area contributed by atoms with Crippen molar-refractivity contribution in [1.82, 2.24) is 5.43 Å². The average Bonchev–Trinajstić information content (AvgIpc) is 2.79. The van der Waals surface area contributed by atoms with Crippen LogP contribution in [0.25, 0.3) is 10.8 Å². The van der Waals surface area contributed by atoms with E-state index in [4.69, 9.17) is 27.9 Å². The number of fused-ring (bicyclic) bond motifs is 1. The maximum Gasteiger partial charge on any atom is 0.344 e. The molecule has 158 valence electrons. The summed E-state index contributed by atoms with van der Waals surface area (Å²) in [5, 5.41) is 6.41. The van der Waals surface area contributed by atoms with Crippen molar-refractivity contribution in [2.75, 3.05) is 0 Å². The fourth-order valence-electron chi connectivity index (χ4n) is 3.09. The van der Waals surface area contributed by atoms with Gasteiger partial charge in [-0.15, -0.1) is 0 Å². The molecule has 0 saturated carbocycles. The highest BCUT2D eigenvalue weighted by Crippen LogP contribution is 2.22. The highest BCUT2D eigenvalue weighted by molar-refractivity contribution is 6.36. The number of nitrogens with one attached hydrogen (secondary N) is 1. The van der Waals surface area contributed by atoms with Gasteiger partial charge >= 0.3 is 5.97 Å². The van der Waals surface area contributed by atoms with Crippen molar-refractivity contribution in [3.63, 3.8) is 0 Å². The third kappa shape index (κ3) is 4.97. The van der Waals surface area contributed by atoms with Gasteiger partial charge in [0, 0.05) is 5.02 Å². The first-order valence-electron chi connectivity index (χ1n) is 9.60. The second kappa shape index (κ2) is 9.64. The SMILES string of the molecule is O=C(N/N=C\c1ccc(OC(=O)c2cccc3ccccc23)cc1)c1ccc(Cl)cc1Cl. The van der Waals surface area contributed by atoms with E-state index in [9.17, 15) is 9.59 Å². The Kier molecular flexibility index (Phi) is 6.50. The number of nitrogens with zero attached hydrogens (tertiary/aromatic N) is 1. The van der Waals surface area contributed by atoms with Crippen LogP contribution in [0.1, 0.15) is 26.3 Å². The van der Waals surface area contributed by atoms with Gasteiger partial charge in [0.15, 0.2) is 0 Å². The number of ether oxygens (including phenoxy) is 1. The van der Waals surface area contributed by atoms with E-state index in [0.29, 0.717) is 21.9 Å². The number of esters is 1. The van der Waals surface area contributed by atoms with Crippen molar-refractivity contribution in [2.24, 2.45) is 5.10 Å². The van der Waals surface area contributed by atoms with Crippen LogP contribution in [0.5, 0.6) is 5.75 Å². The van der Waals surface area contributed by atoms with Crippen LogP contribution in [0.4, 0.5) is 0 Å². The van der Waals surface area contributed by atoms with Crippen LogP contribution in [0, 0.1) is 0 Å². The molecule has 0 aromatic heterocycles. The predicted molar refractivity (Wildman–Crippen MR) is 127 cm³/mol. The van der Waals surface area contributed by atoms with E-state index >= 15 is 0 Å². The first-order chi connectivity index (χ1) is 15.5. The van der Waals surface area contributed by atoms with Crippen molar-refractivity contribution in [3.05, 3.63) is 112 Å². The summed E-state index contributed by atoms with van der Waals surface area (Å²) >= 11 is 11.9. The number of carbonyl (C=O) groups is 2. The summed E-state index contributed by atoms with van der Waals surface area (Å²) < 4.78 is 5.51. The van der Waals surface area contributed by atoms with Gasteiger partial charge in [0.1, 0.15) is 5.75 Å². The first-order valence-corrected chi connectivity index (χ1v) is 10.4. The van der Waals surface area contributed by atoms with Crippen LogP contribution in [-0.4, -0.2) is 18.1 Å². The summed E-state index contributed by atoms with van der Waals surface area (Å²) in [7, 11) is 0. The Bertz CT molecular complexity index is 1330. The molecule has 1 N–H and O–H groups in total. The molecule has 0 aliphatic rings. The zero-order valence-corrected chi connectivity index (χ0v) is 18.1. The predicted octanol–water partition coefficient (Wildman–Crippen LogP) is 6.13. The van der Waals surface area contributed by atoms with Gasteiger partial charge in [0.05, 0.1) is 22.4 Å². The van der Waals surface area contributed by atoms with Crippen LogP contribution in [-0.2, 0) is 0 Å². The molecule has 0 atom stereocenters. The van der Waals surface area contributed by atoms with Crippen molar-refractivity contribution in [3.8, 4) is 5.75 Å². The smallest absolute Gasteiger partial charge is 0.344 e. The van der Waals surface area contributed by atoms with Crippen LogP contribution in [0.3, 0.4) is 0 Å². The molecule has 0 spiro atoms. The Balaban J connectivity index is 1.39. The summed E-state index contributed by atoms with van der Waals surface area (Å²) in [6.45, 7) is 0. The van der Waals surface area contributed by atoms with Gasteiger partial charge in [-0.3, -0.25) is 4.79 Å². The highest BCUT2D eigenvalue weighted by Gasteiger charge is 2.12. The van der Waals surface area contributed by atoms with E-state index in [0.717, 1.165) is 10.8 Å². The highest BCUT2D eigenvalue weighted by atomic mass is 35.5. The molecule has 0 aliphatic carbocycles. The third-order valence-electron chi connectivity index (χ3n) is 4.66. The summed E-state index contributed by atoms with van der Waals surface area (Å²) in [5.74, 6) is -0.490. The number of amides is 1. The topological polar surface area (TPSA) is 67.8 Å². The molecule has 4 aromatic carbocycles. The largest absolute Gasteiger partial charge is 0.423 e. The molecular formula is C25H16Cl2N2O3. The fourth-order valence-corrected chi connectivity index (χ4v) is 3.58. The minimum absolute atomic E-state index is 0.238. The lowest BCUT2D eigenvalue weighted by atomic mass is 10.0. The Morgan fingerprint density at radius 1 is 0.844 bits per heavy atom. The van der Waals surface area contributed by atoms with E-state index in [1.807, 2.05) is 36.4 Å². The maximum absolute atomic E-state index is 12.6. The molecule has 0 saturated heterocycles. The zero-order valence-electron chi connectivity index (χ0n) is 16.6. The van der Waals surface area contributed by atoms with E-state index in [1.54, 1.807) is 36.4 Å². The summed E-state index contributed by atoms with van der Waals surface area (Å²) in [6, 6.07) is 24.5. The molecule has 32 heavy (non-hydrogen) atoms. The van der Waals surface area contributed by atoms with E-state index < -0.39 is 11.9 Å². The van der Waals surface area contributed by atoms with Gasteiger partial charge in [-0.05, 0) is 64.9 Å². The molecule has 4 rings (SSSR count). The first kappa shape index (κ1) is 21.6. The average molecular weight is 463 g/mol. The van der Waals surface area contributed by atoms with Crippen LogP contribution >= 0.6 is 23.2 Å². The summed E-state index contributed by atoms with van der Waals surface area (Å²) in [4.78, 5) is 24.8. The van der Waals surface area contributed by atoms with Crippen LogP contribution in [0.2, 0.25) is 10.0 Å². The molecule has 0 aliphatic heterocycles. The molecular weight excluding hydrogens is 447 g/mol. The molecule has 0 fully saturated rings. The number of hydrogen-bond acceptors (Lipinski definition) is 4. The normalized spacial score (nSPS) is 10.9. The number of benzene rings is 4. The van der Waals surface area contributed by atoms with E-state index in [1.165, 1.54) is 18.3 Å². The Hall–Kier alpha value is -3.67. The van der Waals surface area contributed by atoms with Gasteiger partial charge < -0.3 is 4.74 Å². The molecule has 4 aromatic rings. The second-order valence-electron chi connectivity index (χ2n) is 6.81. The number of carbonyl (C=O) groups excluding carboxylic acids is 2. The lowest BCUT2D eigenvalue weighted by Gasteiger charge is -2.07. The summed E-state index contributed by atoms with van der Waals surface area (Å²) in [5.41, 5.74) is 3.88. The quantitative estimate of drug-likeness (QED) is 0.168. The van der Waals surface area contributed by atoms with Crippen molar-refractivity contribution in [1.29, 1.82) is 0 Å². The van der Waals surface area contributed by atoms with Gasteiger partial charge in [0.2, 0.25) is 0 Å². The van der Waals surface area contributed by atoms with Crippen LogP contribution < -0.4 is 10.2 Å². The third-order valence-corrected chi connectivity index (χ3v) is 5.20. The summed E-state index contributed by atoms with van der Waals surface area (Å²) in [6.07, 6.45) is 1.47. The second-order valence-corrected chi connectivity index (χ2v) is 7.65. The van der Waals surface area contributed by atoms with Gasteiger partial charge in [0.25, 0.3) is 5.91 Å². The maximum atomic E-state index is 12.6. The Morgan fingerprint density at radius 3 is 2.38 bits per heavy atom. The monoisotopic (exact) mass is 462 g/mol. The van der Waals surface area contributed by atoms with E-state index in [-0.39, 0.29) is 10.6 Å². The zero-order chi connectivity index (χ0) is 22.5. The lowest BCUT2D eigenvalue weighted by molar-refractivity contribution is 0.0736. The van der Waals surface area contributed by atoms with Gasteiger partial charge in [-0.25, -0.2) is 10.2 Å². The van der Waals surface area contributed by atoms with Crippen molar-refractivity contribution < 1.29 is 14.3 Å². The number of hydrogen-bond donors (Lipinski definition) is 1. The number of rotatable bonds is 5. The molecule has 0 bridgehead atoms. The van der Waals surface area contributed by atoms with Gasteiger partial charge in [-0.2, -0.15) is 5.10 Å². The molecule has 1 amide bonds. The number of halogens is 2. The lowest BCUT2D eigenvalue weighted by Crippen LogP contribution is -2.18. The van der Waals surface area contributed by atoms with E-state index in [2.05, 4.69) is 10.5 Å².